The van der Waals surface area contributed by atoms with Gasteiger partial charge in [0, 0.05) is 19.6 Å². The van der Waals surface area contributed by atoms with Gasteiger partial charge in [0.25, 0.3) is 0 Å². The van der Waals surface area contributed by atoms with Crippen molar-refractivity contribution in [2.75, 3.05) is 26.7 Å². The van der Waals surface area contributed by atoms with E-state index < -0.39 is 11.7 Å². The molecule has 26 heavy (non-hydrogen) atoms. The molecular formula is C22H27NO3. The Morgan fingerprint density at radius 3 is 2.23 bits per heavy atom. The number of nitrogens with zero attached hydrogens (tertiary/aromatic N) is 1. The van der Waals surface area contributed by atoms with E-state index in [-0.39, 0.29) is 0 Å². The molecule has 0 amide bonds. The highest BCUT2D eigenvalue weighted by Crippen LogP contribution is 2.49. The lowest BCUT2D eigenvalue weighted by molar-refractivity contribution is 0.0288. The van der Waals surface area contributed by atoms with Gasteiger partial charge in [-0.05, 0) is 47.9 Å². The van der Waals surface area contributed by atoms with Crippen molar-refractivity contribution in [3.05, 3.63) is 65.7 Å². The second kappa shape index (κ2) is 7.03. The first-order valence-corrected chi connectivity index (χ1v) is 9.40. The molecule has 0 bridgehead atoms. The predicted octanol–water partition coefficient (Wildman–Crippen LogP) is 2.96. The Balaban J connectivity index is 1.36. The van der Waals surface area contributed by atoms with Crippen LogP contribution in [0.4, 0.5) is 0 Å². The minimum absolute atomic E-state index is 0.493. The van der Waals surface area contributed by atoms with Gasteiger partial charge in [0.1, 0.15) is 5.75 Å². The summed E-state index contributed by atoms with van der Waals surface area (Å²) in [6.45, 7) is 2.54. The lowest BCUT2D eigenvalue weighted by Gasteiger charge is -2.27. The van der Waals surface area contributed by atoms with Crippen LogP contribution < -0.4 is 4.74 Å². The van der Waals surface area contributed by atoms with E-state index >= 15 is 0 Å². The molecule has 1 saturated carbocycles. The van der Waals surface area contributed by atoms with Crippen LogP contribution in [-0.4, -0.2) is 41.9 Å². The molecule has 1 aliphatic heterocycles. The molecule has 3 unspecified atom stereocenters. The molecule has 0 aromatic heterocycles. The highest BCUT2D eigenvalue weighted by molar-refractivity contribution is 5.29. The number of aliphatic hydroxyl groups is 2. The molecule has 2 aromatic carbocycles. The maximum Gasteiger partial charge on any atom is 0.118 e. The van der Waals surface area contributed by atoms with Crippen LogP contribution in [0.25, 0.3) is 0 Å². The van der Waals surface area contributed by atoms with Gasteiger partial charge in [-0.3, -0.25) is 4.90 Å². The number of hydrogen-bond acceptors (Lipinski definition) is 4. The Morgan fingerprint density at radius 1 is 1.04 bits per heavy atom. The summed E-state index contributed by atoms with van der Waals surface area (Å²) >= 11 is 0. The quantitative estimate of drug-likeness (QED) is 0.868. The largest absolute Gasteiger partial charge is 0.497 e. The average Bonchev–Trinajstić information content (AvgIpc) is 3.17. The number of rotatable bonds is 5. The second-order valence-corrected chi connectivity index (χ2v) is 7.83. The van der Waals surface area contributed by atoms with Crippen molar-refractivity contribution < 1.29 is 14.9 Å². The zero-order chi connectivity index (χ0) is 18.1. The lowest BCUT2D eigenvalue weighted by atomic mass is 9.90. The maximum absolute atomic E-state index is 11.1. The van der Waals surface area contributed by atoms with E-state index in [1.54, 1.807) is 7.11 Å². The number of fused-ring (bicyclic) bond motifs is 1. The van der Waals surface area contributed by atoms with Crippen molar-refractivity contribution in [1.82, 2.24) is 4.90 Å². The van der Waals surface area contributed by atoms with E-state index in [9.17, 15) is 10.2 Å². The van der Waals surface area contributed by atoms with Crippen molar-refractivity contribution in [2.24, 2.45) is 11.8 Å². The maximum atomic E-state index is 11.1. The monoisotopic (exact) mass is 353 g/mol. The van der Waals surface area contributed by atoms with Gasteiger partial charge in [-0.2, -0.15) is 0 Å². The highest BCUT2D eigenvalue weighted by Gasteiger charge is 2.49. The fourth-order valence-electron chi connectivity index (χ4n) is 4.76. The molecule has 1 aliphatic carbocycles. The highest BCUT2D eigenvalue weighted by atomic mass is 16.5. The summed E-state index contributed by atoms with van der Waals surface area (Å²) in [5, 5.41) is 21.6. The molecule has 4 heteroatoms. The van der Waals surface area contributed by atoms with E-state index in [2.05, 4.69) is 4.90 Å². The van der Waals surface area contributed by atoms with Crippen molar-refractivity contribution in [3.63, 3.8) is 0 Å². The van der Waals surface area contributed by atoms with Crippen LogP contribution >= 0.6 is 0 Å². The molecule has 2 fully saturated rings. The van der Waals surface area contributed by atoms with Gasteiger partial charge < -0.3 is 14.9 Å². The molecule has 1 heterocycles. The number of ether oxygens (including phenoxy) is 1. The summed E-state index contributed by atoms with van der Waals surface area (Å²) in [5.74, 6) is 1.81. The van der Waals surface area contributed by atoms with E-state index in [1.165, 1.54) is 0 Å². The molecular weight excluding hydrogens is 326 g/mol. The average molecular weight is 353 g/mol. The Hall–Kier alpha value is -1.88. The molecule has 4 nitrogen and oxygen atoms in total. The first-order chi connectivity index (χ1) is 12.6. The predicted molar refractivity (Wildman–Crippen MR) is 101 cm³/mol. The number of hydrogen-bond donors (Lipinski definition) is 2. The summed E-state index contributed by atoms with van der Waals surface area (Å²) < 4.78 is 5.17. The van der Waals surface area contributed by atoms with Crippen LogP contribution in [0.1, 0.15) is 30.1 Å². The van der Waals surface area contributed by atoms with E-state index in [0.717, 1.165) is 42.8 Å². The van der Waals surface area contributed by atoms with Crippen LogP contribution in [-0.2, 0) is 5.60 Å². The molecule has 2 N–H and O–H groups in total. The number of β-amino-alcohol motifs (C(OH)–C–C–N with tert-alkyl or cyclic N) is 1. The van der Waals surface area contributed by atoms with Gasteiger partial charge in [0.15, 0.2) is 0 Å². The standard InChI is InChI=1S/C22H27NO3/c1-26-20-9-7-16(8-10-20)21(24)15-23-13-17-11-22(25,12-18(17)14-23)19-5-3-2-4-6-19/h2-10,17-18,21,24-25H,11-15H2,1H3. The number of methoxy groups -OCH3 is 1. The Bertz CT molecular complexity index is 717. The van der Waals surface area contributed by atoms with Gasteiger partial charge in [0.05, 0.1) is 18.8 Å². The Labute approximate surface area is 155 Å². The molecule has 3 atom stereocenters. The van der Waals surface area contributed by atoms with Crippen molar-refractivity contribution in [3.8, 4) is 5.75 Å². The summed E-state index contributed by atoms with van der Waals surface area (Å²) in [4.78, 5) is 2.34. The van der Waals surface area contributed by atoms with Crippen molar-refractivity contribution >= 4 is 0 Å². The Kier molecular flexibility index (Phi) is 4.74. The van der Waals surface area contributed by atoms with Crippen LogP contribution in [0, 0.1) is 11.8 Å². The van der Waals surface area contributed by atoms with E-state index in [1.807, 2.05) is 54.6 Å². The van der Waals surface area contributed by atoms with Gasteiger partial charge in [0.2, 0.25) is 0 Å². The van der Waals surface area contributed by atoms with Gasteiger partial charge in [-0.25, -0.2) is 0 Å². The summed E-state index contributed by atoms with van der Waals surface area (Å²) in [6.07, 6.45) is 1.14. The Morgan fingerprint density at radius 2 is 1.65 bits per heavy atom. The molecule has 0 spiro atoms. The van der Waals surface area contributed by atoms with Gasteiger partial charge in [-0.1, -0.05) is 42.5 Å². The van der Waals surface area contributed by atoms with Crippen LogP contribution in [0.5, 0.6) is 5.75 Å². The third-order valence-electron chi connectivity index (χ3n) is 6.09. The van der Waals surface area contributed by atoms with Crippen LogP contribution in [0.15, 0.2) is 54.6 Å². The summed E-state index contributed by atoms with van der Waals surface area (Å²) in [6, 6.07) is 17.7. The minimum Gasteiger partial charge on any atom is -0.497 e. The summed E-state index contributed by atoms with van der Waals surface area (Å²) in [5.41, 5.74) is 1.28. The zero-order valence-corrected chi connectivity index (χ0v) is 15.2. The lowest BCUT2D eigenvalue weighted by Crippen LogP contribution is -2.30. The van der Waals surface area contributed by atoms with Gasteiger partial charge in [-0.15, -0.1) is 0 Å². The number of aliphatic hydroxyl groups excluding tert-OH is 1. The zero-order valence-electron chi connectivity index (χ0n) is 15.2. The molecule has 0 radical (unpaired) electrons. The number of benzene rings is 2. The molecule has 4 rings (SSSR count). The smallest absolute Gasteiger partial charge is 0.118 e. The van der Waals surface area contributed by atoms with E-state index in [0.29, 0.717) is 18.4 Å². The topological polar surface area (TPSA) is 52.9 Å². The first kappa shape index (κ1) is 17.5. The van der Waals surface area contributed by atoms with Crippen LogP contribution in [0.2, 0.25) is 0 Å². The fourth-order valence-corrected chi connectivity index (χ4v) is 4.76. The van der Waals surface area contributed by atoms with Gasteiger partial charge >= 0.3 is 0 Å². The summed E-state index contributed by atoms with van der Waals surface area (Å²) in [7, 11) is 1.64. The second-order valence-electron chi connectivity index (χ2n) is 7.83. The van der Waals surface area contributed by atoms with Crippen molar-refractivity contribution in [1.29, 1.82) is 0 Å². The third kappa shape index (κ3) is 3.37. The molecule has 1 saturated heterocycles. The fraction of sp³-hybridized carbons (Fsp3) is 0.455. The van der Waals surface area contributed by atoms with E-state index in [4.69, 9.17) is 4.74 Å². The SMILES string of the molecule is COc1ccc(C(O)CN2CC3CC(O)(c4ccccc4)CC3C2)cc1. The first-order valence-electron chi connectivity index (χ1n) is 9.40. The van der Waals surface area contributed by atoms with Crippen molar-refractivity contribution in [2.45, 2.75) is 24.5 Å². The minimum atomic E-state index is -0.683. The molecule has 138 valence electrons. The number of likely N-dealkylation sites (tertiary alicyclic amines) is 1. The molecule has 2 aliphatic rings. The molecule has 2 aromatic rings. The van der Waals surface area contributed by atoms with Crippen LogP contribution in [0.3, 0.4) is 0 Å². The third-order valence-corrected chi connectivity index (χ3v) is 6.09. The normalized spacial score (nSPS) is 29.5.